The first-order valence-electron chi connectivity index (χ1n) is 6.67. The van der Waals surface area contributed by atoms with Crippen LogP contribution in [0, 0.1) is 0 Å². The molecule has 3 rings (SSSR count). The molecule has 23 heavy (non-hydrogen) atoms. The fourth-order valence-electron chi connectivity index (χ4n) is 2.16. The molecular formula is C14H14N6O3. The van der Waals surface area contributed by atoms with Crippen molar-refractivity contribution in [2.75, 3.05) is 24.4 Å². The van der Waals surface area contributed by atoms with E-state index in [9.17, 15) is 4.79 Å². The molecule has 2 aromatic heterocycles. The summed E-state index contributed by atoms with van der Waals surface area (Å²) in [7, 11) is 3.44. The van der Waals surface area contributed by atoms with Crippen molar-refractivity contribution in [3.05, 3.63) is 36.7 Å². The molecule has 9 heteroatoms. The molecule has 2 heterocycles. The fourth-order valence-corrected chi connectivity index (χ4v) is 2.16. The average molecular weight is 314 g/mol. The maximum Gasteiger partial charge on any atom is 0.411 e. The highest BCUT2D eigenvalue weighted by molar-refractivity contribution is 5.82. The third kappa shape index (κ3) is 2.71. The summed E-state index contributed by atoms with van der Waals surface area (Å²) in [4.78, 5) is 16.9. The van der Waals surface area contributed by atoms with E-state index in [2.05, 4.69) is 20.5 Å². The second-order valence-electron chi connectivity index (χ2n) is 4.66. The first-order chi connectivity index (χ1) is 11.1. The Hall–Kier alpha value is -3.36. The van der Waals surface area contributed by atoms with Crippen LogP contribution < -0.4 is 15.0 Å². The number of hydrogen-bond donors (Lipinski definition) is 2. The predicted molar refractivity (Wildman–Crippen MR) is 83.5 cm³/mol. The standard InChI is InChI=1S/C14H14N6O3/c1-19(9-3-5-10(23-2)6-4-9)11-12-17-18-13(16-14(21)22)20(12)8-7-15-11/h3-8H,1-2H3,(H,16,18)(H,21,22). The van der Waals surface area contributed by atoms with E-state index in [1.54, 1.807) is 19.5 Å². The summed E-state index contributed by atoms with van der Waals surface area (Å²) in [6, 6.07) is 7.45. The number of nitrogens with zero attached hydrogens (tertiary/aromatic N) is 5. The molecule has 3 aromatic rings. The van der Waals surface area contributed by atoms with Gasteiger partial charge in [-0.1, -0.05) is 0 Å². The number of hydrogen-bond acceptors (Lipinski definition) is 6. The van der Waals surface area contributed by atoms with Crippen LogP contribution in [0.15, 0.2) is 36.7 Å². The topological polar surface area (TPSA) is 105 Å². The van der Waals surface area contributed by atoms with Gasteiger partial charge in [0.25, 0.3) is 0 Å². The molecule has 0 atom stereocenters. The van der Waals surface area contributed by atoms with Gasteiger partial charge in [0.1, 0.15) is 5.75 Å². The Bertz CT molecular complexity index is 845. The number of carbonyl (C=O) groups is 1. The Kier molecular flexibility index (Phi) is 3.67. The summed E-state index contributed by atoms with van der Waals surface area (Å²) in [5, 5.41) is 18.9. The lowest BCUT2D eigenvalue weighted by atomic mass is 10.3. The van der Waals surface area contributed by atoms with Gasteiger partial charge in [-0.25, -0.2) is 9.78 Å². The highest BCUT2D eigenvalue weighted by Crippen LogP contribution is 2.27. The zero-order chi connectivity index (χ0) is 16.4. The minimum Gasteiger partial charge on any atom is -0.497 e. The van der Waals surface area contributed by atoms with Gasteiger partial charge in [-0.15, -0.1) is 10.2 Å². The summed E-state index contributed by atoms with van der Waals surface area (Å²) in [6.07, 6.45) is 1.94. The number of anilines is 3. The lowest BCUT2D eigenvalue weighted by molar-refractivity contribution is 0.209. The number of amides is 1. The molecule has 118 valence electrons. The molecule has 2 N–H and O–H groups in total. The number of ether oxygens (including phenoxy) is 1. The van der Waals surface area contributed by atoms with E-state index in [0.717, 1.165) is 11.4 Å². The highest BCUT2D eigenvalue weighted by Gasteiger charge is 2.15. The number of rotatable bonds is 4. The van der Waals surface area contributed by atoms with Gasteiger partial charge in [-0.05, 0) is 24.3 Å². The van der Waals surface area contributed by atoms with Crippen molar-refractivity contribution in [1.29, 1.82) is 0 Å². The summed E-state index contributed by atoms with van der Waals surface area (Å²) >= 11 is 0. The number of aromatic nitrogens is 4. The molecule has 0 aliphatic carbocycles. The van der Waals surface area contributed by atoms with Crippen LogP contribution in [0.25, 0.3) is 5.65 Å². The van der Waals surface area contributed by atoms with Gasteiger partial charge in [-0.3, -0.25) is 9.72 Å². The van der Waals surface area contributed by atoms with Crippen LogP contribution >= 0.6 is 0 Å². The molecule has 0 spiro atoms. The number of benzene rings is 1. The average Bonchev–Trinajstić information content (AvgIpc) is 2.97. The summed E-state index contributed by atoms with van der Waals surface area (Å²) in [5.41, 5.74) is 1.32. The van der Waals surface area contributed by atoms with Crippen molar-refractivity contribution in [1.82, 2.24) is 19.6 Å². The summed E-state index contributed by atoms with van der Waals surface area (Å²) in [5.74, 6) is 1.41. The summed E-state index contributed by atoms with van der Waals surface area (Å²) < 4.78 is 6.66. The predicted octanol–water partition coefficient (Wildman–Crippen LogP) is 1.99. The number of nitrogens with one attached hydrogen (secondary N) is 1. The van der Waals surface area contributed by atoms with Gasteiger partial charge in [0.05, 0.1) is 7.11 Å². The SMILES string of the molecule is COc1ccc(N(C)c2nccn3c(NC(=O)O)nnc23)cc1. The Labute approximate surface area is 131 Å². The van der Waals surface area contributed by atoms with E-state index >= 15 is 0 Å². The third-order valence-electron chi connectivity index (χ3n) is 3.30. The third-order valence-corrected chi connectivity index (χ3v) is 3.30. The van der Waals surface area contributed by atoms with E-state index in [4.69, 9.17) is 9.84 Å². The first kappa shape index (κ1) is 14.6. The van der Waals surface area contributed by atoms with Gasteiger partial charge >= 0.3 is 6.09 Å². The van der Waals surface area contributed by atoms with Crippen molar-refractivity contribution in [2.45, 2.75) is 0 Å². The molecule has 0 fully saturated rings. The number of fused-ring (bicyclic) bond motifs is 1. The van der Waals surface area contributed by atoms with E-state index in [1.807, 2.05) is 36.2 Å². The quantitative estimate of drug-likeness (QED) is 0.758. The lowest BCUT2D eigenvalue weighted by Crippen LogP contribution is -2.14. The van der Waals surface area contributed by atoms with Gasteiger partial charge in [-0.2, -0.15) is 0 Å². The van der Waals surface area contributed by atoms with Gasteiger partial charge in [0.2, 0.25) is 11.6 Å². The summed E-state index contributed by atoms with van der Waals surface area (Å²) in [6.45, 7) is 0. The minimum atomic E-state index is -1.21. The molecule has 0 bridgehead atoms. The zero-order valence-corrected chi connectivity index (χ0v) is 12.5. The lowest BCUT2D eigenvalue weighted by Gasteiger charge is -2.18. The Morgan fingerprint density at radius 3 is 2.70 bits per heavy atom. The number of methoxy groups -OCH3 is 1. The van der Waals surface area contributed by atoms with Crippen LogP contribution in [0.3, 0.4) is 0 Å². The molecule has 0 aliphatic rings. The monoisotopic (exact) mass is 314 g/mol. The molecule has 0 aliphatic heterocycles. The van der Waals surface area contributed by atoms with Crippen molar-refractivity contribution in [3.63, 3.8) is 0 Å². The van der Waals surface area contributed by atoms with Crippen LogP contribution in [-0.4, -0.2) is 44.9 Å². The van der Waals surface area contributed by atoms with Crippen molar-refractivity contribution in [3.8, 4) is 5.75 Å². The Balaban J connectivity index is 2.01. The van der Waals surface area contributed by atoms with Crippen LogP contribution in [0.4, 0.5) is 22.2 Å². The largest absolute Gasteiger partial charge is 0.497 e. The van der Waals surface area contributed by atoms with E-state index < -0.39 is 6.09 Å². The van der Waals surface area contributed by atoms with E-state index in [1.165, 1.54) is 4.40 Å². The molecule has 0 unspecified atom stereocenters. The molecule has 0 saturated heterocycles. The van der Waals surface area contributed by atoms with Crippen LogP contribution in [0.5, 0.6) is 5.75 Å². The molecular weight excluding hydrogens is 300 g/mol. The smallest absolute Gasteiger partial charge is 0.411 e. The second-order valence-corrected chi connectivity index (χ2v) is 4.66. The molecule has 0 saturated carbocycles. The van der Waals surface area contributed by atoms with Crippen molar-refractivity contribution < 1.29 is 14.6 Å². The maximum absolute atomic E-state index is 10.8. The van der Waals surface area contributed by atoms with E-state index in [-0.39, 0.29) is 5.95 Å². The minimum absolute atomic E-state index is 0.110. The van der Waals surface area contributed by atoms with Gasteiger partial charge < -0.3 is 14.7 Å². The van der Waals surface area contributed by atoms with Gasteiger partial charge in [0.15, 0.2) is 5.82 Å². The van der Waals surface area contributed by atoms with Crippen molar-refractivity contribution in [2.24, 2.45) is 0 Å². The van der Waals surface area contributed by atoms with Crippen LogP contribution in [0.2, 0.25) is 0 Å². The fraction of sp³-hybridized carbons (Fsp3) is 0.143. The Morgan fingerprint density at radius 1 is 1.30 bits per heavy atom. The van der Waals surface area contributed by atoms with Crippen molar-refractivity contribution >= 4 is 29.2 Å². The van der Waals surface area contributed by atoms with E-state index in [0.29, 0.717) is 11.5 Å². The number of carboxylic acid groups (broad SMARTS) is 1. The molecule has 1 aromatic carbocycles. The Morgan fingerprint density at radius 2 is 2.04 bits per heavy atom. The first-order valence-corrected chi connectivity index (χ1v) is 6.67. The van der Waals surface area contributed by atoms with Crippen LogP contribution in [-0.2, 0) is 0 Å². The molecule has 0 radical (unpaired) electrons. The van der Waals surface area contributed by atoms with Crippen LogP contribution in [0.1, 0.15) is 0 Å². The van der Waals surface area contributed by atoms with Gasteiger partial charge in [0, 0.05) is 25.1 Å². The second kappa shape index (κ2) is 5.79. The highest BCUT2D eigenvalue weighted by atomic mass is 16.5. The molecule has 9 nitrogen and oxygen atoms in total. The zero-order valence-electron chi connectivity index (χ0n) is 12.5. The molecule has 1 amide bonds. The maximum atomic E-state index is 10.8. The normalized spacial score (nSPS) is 10.5.